The molecule has 0 aliphatic carbocycles. The summed E-state index contributed by atoms with van der Waals surface area (Å²) in [6.45, 7) is 0.296. The summed E-state index contributed by atoms with van der Waals surface area (Å²) in [5, 5.41) is 1.88. The maximum Gasteiger partial charge on any atom is 0.259 e. The van der Waals surface area contributed by atoms with E-state index in [1.165, 1.54) is 23.3 Å². The van der Waals surface area contributed by atoms with E-state index in [-0.39, 0.29) is 4.47 Å². The number of rotatable bonds is 3. The molecule has 0 spiro atoms. The van der Waals surface area contributed by atoms with Crippen molar-refractivity contribution in [3.05, 3.63) is 54.6 Å². The predicted molar refractivity (Wildman–Crippen MR) is 81.9 cm³/mol. The smallest absolute Gasteiger partial charge is 0.259 e. The molecule has 0 radical (unpaired) electrons. The fourth-order valence-corrected chi connectivity index (χ4v) is 3.59. The molecule has 1 aromatic heterocycles. The zero-order valence-electron chi connectivity index (χ0n) is 10.3. The number of hydrogen-bond donors (Lipinski definition) is 0. The zero-order valence-corrected chi connectivity index (χ0v) is 14.3. The van der Waals surface area contributed by atoms with E-state index in [0.717, 1.165) is 21.5 Å². The normalized spacial score (nSPS) is 10.7. The number of amides is 1. The van der Waals surface area contributed by atoms with E-state index >= 15 is 0 Å². The summed E-state index contributed by atoms with van der Waals surface area (Å²) in [5.41, 5.74) is -0.536. The first-order chi connectivity index (χ1) is 9.38. The lowest BCUT2D eigenvalue weighted by Gasteiger charge is -2.17. The maximum atomic E-state index is 13.7. The number of thiophene rings is 1. The van der Waals surface area contributed by atoms with Gasteiger partial charge in [0.05, 0.1) is 6.54 Å². The van der Waals surface area contributed by atoms with Crippen molar-refractivity contribution in [3.63, 3.8) is 0 Å². The molecule has 0 atom stereocenters. The lowest BCUT2D eigenvalue weighted by molar-refractivity contribution is 0.0776. The highest BCUT2D eigenvalue weighted by molar-refractivity contribution is 9.10. The van der Waals surface area contributed by atoms with E-state index in [2.05, 4.69) is 31.9 Å². The monoisotopic (exact) mass is 423 g/mol. The largest absolute Gasteiger partial charge is 0.336 e. The third-order valence-electron chi connectivity index (χ3n) is 2.58. The maximum absolute atomic E-state index is 13.7. The van der Waals surface area contributed by atoms with Crippen LogP contribution in [0.15, 0.2) is 32.5 Å². The van der Waals surface area contributed by atoms with Crippen molar-refractivity contribution in [2.75, 3.05) is 7.05 Å². The summed E-state index contributed by atoms with van der Waals surface area (Å²) in [6.07, 6.45) is 0. The van der Waals surface area contributed by atoms with Crippen molar-refractivity contribution in [1.82, 2.24) is 4.90 Å². The van der Waals surface area contributed by atoms with Gasteiger partial charge in [0.25, 0.3) is 5.91 Å². The van der Waals surface area contributed by atoms with Crippen LogP contribution in [0.1, 0.15) is 15.2 Å². The van der Waals surface area contributed by atoms with Crippen molar-refractivity contribution >= 4 is 49.1 Å². The van der Waals surface area contributed by atoms with Crippen LogP contribution in [0.2, 0.25) is 0 Å². The van der Waals surface area contributed by atoms with Gasteiger partial charge in [0.2, 0.25) is 0 Å². The average molecular weight is 425 g/mol. The minimum Gasteiger partial charge on any atom is -0.336 e. The van der Waals surface area contributed by atoms with Gasteiger partial charge in [-0.15, -0.1) is 11.3 Å². The van der Waals surface area contributed by atoms with Crippen molar-refractivity contribution in [1.29, 1.82) is 0 Å². The third-order valence-corrected chi connectivity index (χ3v) is 4.72. The Morgan fingerprint density at radius 2 is 1.80 bits per heavy atom. The topological polar surface area (TPSA) is 20.3 Å². The van der Waals surface area contributed by atoms with Gasteiger partial charge < -0.3 is 4.90 Å². The molecule has 0 aliphatic heterocycles. The van der Waals surface area contributed by atoms with E-state index in [0.29, 0.717) is 6.54 Å². The van der Waals surface area contributed by atoms with Crippen molar-refractivity contribution < 1.29 is 13.6 Å². The van der Waals surface area contributed by atoms with Crippen LogP contribution in [0.3, 0.4) is 0 Å². The molecule has 0 aliphatic rings. The number of hydrogen-bond acceptors (Lipinski definition) is 2. The molecule has 106 valence electrons. The molecule has 1 heterocycles. The van der Waals surface area contributed by atoms with E-state index < -0.39 is 23.1 Å². The Morgan fingerprint density at radius 1 is 1.20 bits per heavy atom. The Morgan fingerprint density at radius 3 is 2.30 bits per heavy atom. The molecule has 0 saturated carbocycles. The molecule has 2 rings (SSSR count). The Kier molecular flexibility index (Phi) is 4.93. The molecule has 0 fully saturated rings. The first-order valence-electron chi connectivity index (χ1n) is 5.51. The fourth-order valence-electron chi connectivity index (χ4n) is 1.68. The Hall–Kier alpha value is -0.790. The lowest BCUT2D eigenvalue weighted by atomic mass is 10.1. The van der Waals surface area contributed by atoms with Gasteiger partial charge in [-0.1, -0.05) is 15.9 Å². The molecular weight excluding hydrogens is 416 g/mol. The van der Waals surface area contributed by atoms with Crippen molar-refractivity contribution in [2.24, 2.45) is 0 Å². The van der Waals surface area contributed by atoms with Gasteiger partial charge in [-0.05, 0) is 34.1 Å². The highest BCUT2D eigenvalue weighted by Crippen LogP contribution is 2.23. The Balaban J connectivity index is 2.23. The summed E-state index contributed by atoms with van der Waals surface area (Å²) in [5.74, 6) is -2.43. The Labute approximate surface area is 135 Å². The quantitative estimate of drug-likeness (QED) is 0.691. The summed E-state index contributed by atoms with van der Waals surface area (Å²) in [6, 6.07) is 4.01. The lowest BCUT2D eigenvalue weighted by Crippen LogP contribution is -2.27. The molecular formula is C13H9Br2F2NOS. The summed E-state index contributed by atoms with van der Waals surface area (Å²) in [7, 11) is 1.51. The second-order valence-electron chi connectivity index (χ2n) is 4.14. The van der Waals surface area contributed by atoms with Crippen LogP contribution < -0.4 is 0 Å². The first kappa shape index (κ1) is 15.6. The number of benzene rings is 1. The van der Waals surface area contributed by atoms with Gasteiger partial charge in [-0.25, -0.2) is 8.78 Å². The molecule has 0 N–H and O–H groups in total. The number of carbonyl (C=O) groups is 1. The van der Waals surface area contributed by atoms with Crippen molar-refractivity contribution in [3.8, 4) is 0 Å². The van der Waals surface area contributed by atoms with Gasteiger partial charge in [-0.3, -0.25) is 4.79 Å². The highest BCUT2D eigenvalue weighted by atomic mass is 79.9. The standard InChI is InChI=1S/C13H9Br2F2NOS/c1-18(5-9-2-8(15)6-20-9)13(19)12-10(16)3-7(14)4-11(12)17/h2-4,6H,5H2,1H3. The fraction of sp³-hybridized carbons (Fsp3) is 0.154. The molecule has 2 nitrogen and oxygen atoms in total. The third kappa shape index (κ3) is 3.45. The Bertz CT molecular complexity index is 637. The van der Waals surface area contributed by atoms with E-state index in [1.54, 1.807) is 0 Å². The number of nitrogens with zero attached hydrogens (tertiary/aromatic N) is 1. The second-order valence-corrected chi connectivity index (χ2v) is 6.96. The van der Waals surface area contributed by atoms with Crippen LogP contribution in [0.4, 0.5) is 8.78 Å². The van der Waals surface area contributed by atoms with Gasteiger partial charge in [-0.2, -0.15) is 0 Å². The highest BCUT2D eigenvalue weighted by Gasteiger charge is 2.22. The van der Waals surface area contributed by atoms with Crippen LogP contribution in [0, 0.1) is 11.6 Å². The SMILES string of the molecule is CN(Cc1cc(Br)cs1)C(=O)c1c(F)cc(Br)cc1F. The van der Waals surface area contributed by atoms with Crippen LogP contribution in [-0.2, 0) is 6.54 Å². The molecule has 0 saturated heterocycles. The molecule has 0 bridgehead atoms. The van der Waals surface area contributed by atoms with Gasteiger partial charge >= 0.3 is 0 Å². The van der Waals surface area contributed by atoms with Crippen LogP contribution in [-0.4, -0.2) is 17.9 Å². The van der Waals surface area contributed by atoms with Gasteiger partial charge in [0, 0.05) is 26.3 Å². The molecule has 7 heteroatoms. The zero-order chi connectivity index (χ0) is 14.9. The molecule has 1 aromatic carbocycles. The number of carbonyl (C=O) groups excluding carboxylic acids is 1. The minimum absolute atomic E-state index is 0.258. The molecule has 20 heavy (non-hydrogen) atoms. The average Bonchev–Trinajstić information content (AvgIpc) is 2.73. The van der Waals surface area contributed by atoms with Crippen LogP contribution >= 0.6 is 43.2 Å². The van der Waals surface area contributed by atoms with Crippen molar-refractivity contribution in [2.45, 2.75) is 6.54 Å². The van der Waals surface area contributed by atoms with E-state index in [4.69, 9.17) is 0 Å². The van der Waals surface area contributed by atoms with Gasteiger partial charge in [0.1, 0.15) is 17.2 Å². The van der Waals surface area contributed by atoms with Crippen LogP contribution in [0.25, 0.3) is 0 Å². The summed E-state index contributed by atoms with van der Waals surface area (Å²) in [4.78, 5) is 14.3. The summed E-state index contributed by atoms with van der Waals surface area (Å²) < 4.78 is 28.7. The molecule has 2 aromatic rings. The van der Waals surface area contributed by atoms with E-state index in [1.807, 2.05) is 11.4 Å². The second kappa shape index (κ2) is 6.32. The minimum atomic E-state index is -0.874. The number of halogens is 4. The van der Waals surface area contributed by atoms with Crippen LogP contribution in [0.5, 0.6) is 0 Å². The molecule has 1 amide bonds. The first-order valence-corrected chi connectivity index (χ1v) is 7.98. The molecule has 0 unspecified atom stereocenters. The summed E-state index contributed by atoms with van der Waals surface area (Å²) >= 11 is 7.76. The predicted octanol–water partition coefficient (Wildman–Crippen LogP) is 4.82. The van der Waals surface area contributed by atoms with Gasteiger partial charge in [0.15, 0.2) is 0 Å². The van der Waals surface area contributed by atoms with E-state index in [9.17, 15) is 13.6 Å².